The van der Waals surface area contributed by atoms with Gasteiger partial charge in [0.1, 0.15) is 5.58 Å². The second-order valence-corrected chi connectivity index (χ2v) is 5.13. The van der Waals surface area contributed by atoms with Gasteiger partial charge in [-0.2, -0.15) is 5.10 Å². The number of fused-ring (bicyclic) bond motifs is 3. The van der Waals surface area contributed by atoms with Gasteiger partial charge in [-0.15, -0.1) is 0 Å². The van der Waals surface area contributed by atoms with Gasteiger partial charge in [0.2, 0.25) is 0 Å². The van der Waals surface area contributed by atoms with E-state index >= 15 is 0 Å². The fourth-order valence-electron chi connectivity index (χ4n) is 2.13. The molecule has 0 fully saturated rings. The van der Waals surface area contributed by atoms with E-state index in [1.54, 1.807) is 6.26 Å². The van der Waals surface area contributed by atoms with Crippen molar-refractivity contribution in [1.29, 1.82) is 0 Å². The molecule has 88 valence electrons. The molecule has 2 aromatic heterocycles. The number of benzene rings is 1. The third-order valence-corrected chi connectivity index (χ3v) is 2.79. The number of furan rings is 1. The molecule has 0 atom stereocenters. The Kier molecular flexibility index (Phi) is 2.03. The molecular formula is C13H15N3O. The van der Waals surface area contributed by atoms with Crippen LogP contribution in [0.15, 0.2) is 35.1 Å². The normalized spacial score (nSPS) is 12.6. The lowest BCUT2D eigenvalue weighted by Gasteiger charge is -2.18. The smallest absolute Gasteiger partial charge is 0.136 e. The number of nitrogens with two attached hydrogens (primary N) is 1. The summed E-state index contributed by atoms with van der Waals surface area (Å²) < 4.78 is 7.36. The Morgan fingerprint density at radius 2 is 2.18 bits per heavy atom. The van der Waals surface area contributed by atoms with Gasteiger partial charge in [-0.05, 0) is 32.0 Å². The molecule has 2 heterocycles. The van der Waals surface area contributed by atoms with Crippen LogP contribution in [0.5, 0.6) is 0 Å². The zero-order valence-corrected chi connectivity index (χ0v) is 9.97. The monoisotopic (exact) mass is 229 g/mol. The van der Waals surface area contributed by atoms with E-state index in [1.165, 1.54) is 0 Å². The number of aromatic nitrogens is 2. The highest BCUT2D eigenvalue weighted by Gasteiger charge is 2.16. The van der Waals surface area contributed by atoms with Crippen molar-refractivity contribution < 1.29 is 4.42 Å². The van der Waals surface area contributed by atoms with Gasteiger partial charge in [-0.3, -0.25) is 4.68 Å². The number of hydrogen-bond acceptors (Lipinski definition) is 3. The van der Waals surface area contributed by atoms with Crippen LogP contribution in [0.4, 0.5) is 0 Å². The van der Waals surface area contributed by atoms with Crippen molar-refractivity contribution in [2.45, 2.75) is 25.9 Å². The maximum Gasteiger partial charge on any atom is 0.136 e. The van der Waals surface area contributed by atoms with Crippen LogP contribution in [0.2, 0.25) is 0 Å². The molecule has 0 aliphatic heterocycles. The summed E-state index contributed by atoms with van der Waals surface area (Å²) in [6, 6.07) is 5.96. The van der Waals surface area contributed by atoms with Crippen molar-refractivity contribution >= 4 is 21.9 Å². The van der Waals surface area contributed by atoms with Crippen LogP contribution in [-0.4, -0.2) is 15.3 Å². The molecule has 0 saturated carbocycles. The second kappa shape index (κ2) is 3.34. The maximum atomic E-state index is 6.05. The van der Waals surface area contributed by atoms with Gasteiger partial charge in [-0.25, -0.2) is 0 Å². The first-order chi connectivity index (χ1) is 8.04. The van der Waals surface area contributed by atoms with Crippen LogP contribution in [0.25, 0.3) is 21.9 Å². The van der Waals surface area contributed by atoms with E-state index in [4.69, 9.17) is 10.2 Å². The van der Waals surface area contributed by atoms with Crippen molar-refractivity contribution in [2.75, 3.05) is 0 Å². The number of rotatable bonds is 2. The Hall–Kier alpha value is -1.81. The predicted molar refractivity (Wildman–Crippen MR) is 67.8 cm³/mol. The molecule has 0 unspecified atom stereocenters. The Morgan fingerprint density at radius 1 is 1.35 bits per heavy atom. The highest BCUT2D eigenvalue weighted by molar-refractivity contribution is 6.03. The lowest BCUT2D eigenvalue weighted by Crippen LogP contribution is -2.37. The molecule has 1 aromatic carbocycles. The summed E-state index contributed by atoms with van der Waals surface area (Å²) in [6.07, 6.45) is 3.57. The summed E-state index contributed by atoms with van der Waals surface area (Å²) in [6.45, 7) is 4.67. The van der Waals surface area contributed by atoms with Gasteiger partial charge < -0.3 is 10.2 Å². The third-order valence-electron chi connectivity index (χ3n) is 2.79. The van der Waals surface area contributed by atoms with E-state index in [9.17, 15) is 0 Å². The lowest BCUT2D eigenvalue weighted by molar-refractivity contribution is 0.417. The topological polar surface area (TPSA) is 57.0 Å². The van der Waals surface area contributed by atoms with E-state index < -0.39 is 0 Å². The SMILES string of the molecule is CC(C)(N)Cn1ncc2ccc3occc3c21. The van der Waals surface area contributed by atoms with Gasteiger partial charge in [0, 0.05) is 16.3 Å². The van der Waals surface area contributed by atoms with Crippen molar-refractivity contribution in [2.24, 2.45) is 5.73 Å². The minimum absolute atomic E-state index is 0.287. The number of hydrogen-bond donors (Lipinski definition) is 1. The Morgan fingerprint density at radius 3 is 2.94 bits per heavy atom. The molecule has 0 saturated heterocycles. The Balaban J connectivity index is 2.28. The molecule has 3 aromatic rings. The molecule has 0 aliphatic rings. The molecule has 0 amide bonds. The summed E-state index contributed by atoms with van der Waals surface area (Å²) in [5.74, 6) is 0. The quantitative estimate of drug-likeness (QED) is 0.734. The molecule has 0 bridgehead atoms. The zero-order valence-electron chi connectivity index (χ0n) is 9.97. The van der Waals surface area contributed by atoms with Gasteiger partial charge in [0.05, 0.1) is 24.5 Å². The molecule has 2 N–H and O–H groups in total. The first-order valence-electron chi connectivity index (χ1n) is 5.65. The van der Waals surface area contributed by atoms with E-state index in [-0.39, 0.29) is 5.54 Å². The van der Waals surface area contributed by atoms with Gasteiger partial charge in [-0.1, -0.05) is 0 Å². The fourth-order valence-corrected chi connectivity index (χ4v) is 2.13. The standard InChI is InChI=1S/C13H15N3O/c1-13(2,14)8-16-12-9(7-15-16)3-4-11-10(12)5-6-17-11/h3-7H,8,14H2,1-2H3. The highest BCUT2D eigenvalue weighted by Crippen LogP contribution is 2.26. The summed E-state index contributed by atoms with van der Waals surface area (Å²) in [5, 5.41) is 6.61. The minimum atomic E-state index is -0.287. The first-order valence-corrected chi connectivity index (χ1v) is 5.65. The Labute approximate surface area is 99.0 Å². The average Bonchev–Trinajstić information content (AvgIpc) is 2.80. The average molecular weight is 229 g/mol. The molecule has 17 heavy (non-hydrogen) atoms. The van der Waals surface area contributed by atoms with Crippen LogP contribution in [-0.2, 0) is 6.54 Å². The molecule has 4 nitrogen and oxygen atoms in total. The van der Waals surface area contributed by atoms with E-state index in [0.29, 0.717) is 6.54 Å². The zero-order chi connectivity index (χ0) is 12.0. The molecule has 0 radical (unpaired) electrons. The third kappa shape index (κ3) is 1.70. The van der Waals surface area contributed by atoms with Crippen molar-refractivity contribution in [1.82, 2.24) is 9.78 Å². The van der Waals surface area contributed by atoms with Crippen LogP contribution >= 0.6 is 0 Å². The molecule has 0 aliphatic carbocycles. The Bertz CT molecular complexity index is 673. The molecule has 0 spiro atoms. The minimum Gasteiger partial charge on any atom is -0.464 e. The maximum absolute atomic E-state index is 6.05. The van der Waals surface area contributed by atoms with Crippen molar-refractivity contribution in [3.05, 3.63) is 30.7 Å². The summed E-state index contributed by atoms with van der Waals surface area (Å²) in [5.41, 5.74) is 7.74. The van der Waals surface area contributed by atoms with Gasteiger partial charge in [0.25, 0.3) is 0 Å². The van der Waals surface area contributed by atoms with E-state index in [0.717, 1.165) is 21.9 Å². The second-order valence-electron chi connectivity index (χ2n) is 5.13. The molecular weight excluding hydrogens is 214 g/mol. The molecule has 4 heteroatoms. The summed E-state index contributed by atoms with van der Waals surface area (Å²) in [7, 11) is 0. The van der Waals surface area contributed by atoms with Crippen molar-refractivity contribution in [3.63, 3.8) is 0 Å². The number of nitrogens with zero attached hydrogens (tertiary/aromatic N) is 2. The largest absolute Gasteiger partial charge is 0.464 e. The van der Waals surface area contributed by atoms with Crippen LogP contribution in [0.3, 0.4) is 0 Å². The summed E-state index contributed by atoms with van der Waals surface area (Å²) >= 11 is 0. The summed E-state index contributed by atoms with van der Waals surface area (Å²) in [4.78, 5) is 0. The van der Waals surface area contributed by atoms with Crippen LogP contribution < -0.4 is 5.73 Å². The first kappa shape index (κ1) is 10.4. The van der Waals surface area contributed by atoms with Crippen LogP contribution in [0, 0.1) is 0 Å². The van der Waals surface area contributed by atoms with Gasteiger partial charge in [0.15, 0.2) is 0 Å². The predicted octanol–water partition coefficient (Wildman–Crippen LogP) is 2.52. The highest BCUT2D eigenvalue weighted by atomic mass is 16.3. The van der Waals surface area contributed by atoms with E-state index in [2.05, 4.69) is 5.10 Å². The van der Waals surface area contributed by atoms with Crippen LogP contribution in [0.1, 0.15) is 13.8 Å². The van der Waals surface area contributed by atoms with Crippen molar-refractivity contribution in [3.8, 4) is 0 Å². The fraction of sp³-hybridized carbons (Fsp3) is 0.308. The molecule has 3 rings (SSSR count). The van der Waals surface area contributed by atoms with E-state index in [1.807, 2.05) is 42.9 Å². The lowest BCUT2D eigenvalue weighted by atomic mass is 10.1. The van der Waals surface area contributed by atoms with Gasteiger partial charge >= 0.3 is 0 Å².